The number of aromatic amines is 1. The Bertz CT molecular complexity index is 516. The Labute approximate surface area is 97.8 Å². The Morgan fingerprint density at radius 1 is 1.47 bits per heavy atom. The smallest absolute Gasteiger partial charge is 0.361 e. The van der Waals surface area contributed by atoms with Crippen molar-refractivity contribution in [3.8, 4) is 11.5 Å². The number of aromatic nitrogens is 5. The lowest BCUT2D eigenvalue weighted by Gasteiger charge is -2.03. The molecule has 0 aromatic carbocycles. The summed E-state index contributed by atoms with van der Waals surface area (Å²) in [5, 5.41) is 10.2. The molecule has 0 radical (unpaired) electrons. The van der Waals surface area contributed by atoms with Crippen molar-refractivity contribution in [1.82, 2.24) is 25.0 Å². The molecule has 2 aromatic heterocycles. The van der Waals surface area contributed by atoms with Crippen LogP contribution in [-0.4, -0.2) is 37.5 Å². The van der Waals surface area contributed by atoms with Gasteiger partial charge in [0.15, 0.2) is 11.5 Å². The normalized spacial score (nSPS) is 10.5. The molecule has 0 unspecified atom stereocenters. The second kappa shape index (κ2) is 4.77. The number of aryl methyl sites for hydroxylation is 1. The molecule has 1 N–H and O–H groups in total. The monoisotopic (exact) mass is 235 g/mol. The first-order valence-electron chi connectivity index (χ1n) is 5.37. The molecule has 0 bridgehead atoms. The van der Waals surface area contributed by atoms with Gasteiger partial charge in [0.05, 0.1) is 6.61 Å². The van der Waals surface area contributed by atoms with Gasteiger partial charge >= 0.3 is 5.97 Å². The van der Waals surface area contributed by atoms with Gasteiger partial charge in [0, 0.05) is 18.9 Å². The quantitative estimate of drug-likeness (QED) is 0.794. The number of imidazole rings is 1. The van der Waals surface area contributed by atoms with Gasteiger partial charge in [-0.05, 0) is 13.8 Å². The highest BCUT2D eigenvalue weighted by atomic mass is 16.5. The molecular formula is C10H13N5O2. The number of H-pyrrole nitrogens is 1. The first kappa shape index (κ1) is 11.3. The molecule has 0 spiro atoms. The Balaban J connectivity index is 2.40. The van der Waals surface area contributed by atoms with Gasteiger partial charge < -0.3 is 9.30 Å². The highest BCUT2D eigenvalue weighted by molar-refractivity contribution is 5.92. The van der Waals surface area contributed by atoms with E-state index >= 15 is 0 Å². The number of nitrogens with zero attached hydrogens (tertiary/aromatic N) is 4. The third-order valence-corrected chi connectivity index (χ3v) is 2.28. The van der Waals surface area contributed by atoms with E-state index < -0.39 is 5.97 Å². The lowest BCUT2D eigenvalue weighted by Crippen LogP contribution is -2.08. The molecule has 0 atom stereocenters. The number of nitrogens with one attached hydrogen (secondary N) is 1. The van der Waals surface area contributed by atoms with Crippen LogP contribution in [0.25, 0.3) is 11.5 Å². The number of esters is 1. The van der Waals surface area contributed by atoms with Crippen LogP contribution in [0, 0.1) is 0 Å². The van der Waals surface area contributed by atoms with E-state index in [9.17, 15) is 4.79 Å². The Morgan fingerprint density at radius 2 is 2.29 bits per heavy atom. The van der Waals surface area contributed by atoms with Gasteiger partial charge in [0.2, 0.25) is 5.69 Å². The summed E-state index contributed by atoms with van der Waals surface area (Å²) in [4.78, 5) is 15.8. The zero-order valence-corrected chi connectivity index (χ0v) is 9.67. The summed E-state index contributed by atoms with van der Waals surface area (Å²) in [6.45, 7) is 4.76. The zero-order valence-electron chi connectivity index (χ0n) is 9.67. The van der Waals surface area contributed by atoms with Crippen molar-refractivity contribution in [3.05, 3.63) is 18.1 Å². The molecule has 0 saturated carbocycles. The van der Waals surface area contributed by atoms with Gasteiger partial charge in [-0.3, -0.25) is 0 Å². The SMILES string of the molecule is CCOC(=O)c1n[nH]nc1-c1nccn1CC. The molecular weight excluding hydrogens is 222 g/mol. The van der Waals surface area contributed by atoms with Gasteiger partial charge in [0.1, 0.15) is 0 Å². The highest BCUT2D eigenvalue weighted by Crippen LogP contribution is 2.18. The van der Waals surface area contributed by atoms with E-state index in [1.807, 2.05) is 17.7 Å². The van der Waals surface area contributed by atoms with Crippen molar-refractivity contribution in [2.45, 2.75) is 20.4 Å². The predicted octanol–water partition coefficient (Wildman–Crippen LogP) is 0.865. The average molecular weight is 235 g/mol. The van der Waals surface area contributed by atoms with Crippen LogP contribution in [0.3, 0.4) is 0 Å². The third kappa shape index (κ3) is 2.03. The summed E-state index contributed by atoms with van der Waals surface area (Å²) in [5.74, 6) is 0.103. The maximum absolute atomic E-state index is 11.6. The van der Waals surface area contributed by atoms with Crippen LogP contribution in [0.5, 0.6) is 0 Å². The Hall–Kier alpha value is -2.18. The van der Waals surface area contributed by atoms with Crippen LogP contribution in [-0.2, 0) is 11.3 Å². The second-order valence-corrected chi connectivity index (χ2v) is 3.28. The van der Waals surface area contributed by atoms with Crippen LogP contribution >= 0.6 is 0 Å². The fourth-order valence-electron chi connectivity index (χ4n) is 1.51. The summed E-state index contributed by atoms with van der Waals surface area (Å²) >= 11 is 0. The van der Waals surface area contributed by atoms with Crippen molar-refractivity contribution in [2.75, 3.05) is 6.61 Å². The van der Waals surface area contributed by atoms with Crippen molar-refractivity contribution < 1.29 is 9.53 Å². The maximum atomic E-state index is 11.6. The van der Waals surface area contributed by atoms with E-state index in [2.05, 4.69) is 20.4 Å². The lowest BCUT2D eigenvalue weighted by molar-refractivity contribution is 0.0520. The van der Waals surface area contributed by atoms with E-state index in [1.165, 1.54) is 0 Å². The summed E-state index contributed by atoms with van der Waals surface area (Å²) in [6.07, 6.45) is 3.47. The van der Waals surface area contributed by atoms with Gasteiger partial charge in [-0.1, -0.05) is 0 Å². The fourth-order valence-corrected chi connectivity index (χ4v) is 1.51. The molecule has 0 aliphatic heterocycles. The van der Waals surface area contributed by atoms with Crippen LogP contribution < -0.4 is 0 Å². The average Bonchev–Trinajstić information content (AvgIpc) is 2.97. The van der Waals surface area contributed by atoms with Gasteiger partial charge in [-0.2, -0.15) is 10.3 Å². The van der Waals surface area contributed by atoms with E-state index in [1.54, 1.807) is 13.1 Å². The second-order valence-electron chi connectivity index (χ2n) is 3.28. The number of carbonyl (C=O) groups is 1. The summed E-state index contributed by atoms with van der Waals surface area (Å²) in [5.41, 5.74) is 0.572. The topological polar surface area (TPSA) is 85.7 Å². The van der Waals surface area contributed by atoms with Crippen molar-refractivity contribution >= 4 is 5.97 Å². The van der Waals surface area contributed by atoms with Crippen LogP contribution in [0.1, 0.15) is 24.3 Å². The minimum Gasteiger partial charge on any atom is -0.461 e. The molecule has 2 aromatic rings. The summed E-state index contributed by atoms with van der Waals surface area (Å²) < 4.78 is 6.78. The number of hydrogen-bond donors (Lipinski definition) is 1. The highest BCUT2D eigenvalue weighted by Gasteiger charge is 2.21. The standard InChI is InChI=1S/C10H13N5O2/c1-3-15-6-5-11-9(15)7-8(13-14-12-7)10(16)17-4-2/h5-6H,3-4H2,1-2H3,(H,12,13,14). The largest absolute Gasteiger partial charge is 0.461 e. The predicted molar refractivity (Wildman–Crippen MR) is 59.2 cm³/mol. The molecule has 0 aliphatic carbocycles. The Kier molecular flexibility index (Phi) is 3.17. The van der Waals surface area contributed by atoms with Crippen LogP contribution in [0.15, 0.2) is 12.4 Å². The van der Waals surface area contributed by atoms with Gasteiger partial charge in [0.25, 0.3) is 0 Å². The van der Waals surface area contributed by atoms with Crippen molar-refractivity contribution in [1.29, 1.82) is 0 Å². The van der Waals surface area contributed by atoms with Crippen molar-refractivity contribution in [3.63, 3.8) is 0 Å². The number of rotatable bonds is 4. The third-order valence-electron chi connectivity index (χ3n) is 2.28. The lowest BCUT2D eigenvalue weighted by atomic mass is 10.3. The molecule has 7 heteroatoms. The van der Waals surface area contributed by atoms with Crippen LogP contribution in [0.2, 0.25) is 0 Å². The number of ether oxygens (including phenoxy) is 1. The van der Waals surface area contributed by atoms with Crippen molar-refractivity contribution in [2.24, 2.45) is 0 Å². The molecule has 7 nitrogen and oxygen atoms in total. The molecule has 17 heavy (non-hydrogen) atoms. The minimum atomic E-state index is -0.498. The van der Waals surface area contributed by atoms with Gasteiger partial charge in [-0.25, -0.2) is 9.78 Å². The molecule has 2 rings (SSSR count). The summed E-state index contributed by atoms with van der Waals surface area (Å²) in [6, 6.07) is 0. The molecule has 2 heterocycles. The molecule has 90 valence electrons. The number of carbonyl (C=O) groups excluding carboxylic acids is 1. The number of hydrogen-bond acceptors (Lipinski definition) is 5. The molecule has 0 aliphatic rings. The molecule has 0 amide bonds. The first-order chi connectivity index (χ1) is 8.27. The molecule has 0 fully saturated rings. The Morgan fingerprint density at radius 3 is 3.00 bits per heavy atom. The van der Waals surface area contributed by atoms with E-state index in [4.69, 9.17) is 4.74 Å². The minimum absolute atomic E-state index is 0.160. The first-order valence-corrected chi connectivity index (χ1v) is 5.37. The molecule has 0 saturated heterocycles. The van der Waals surface area contributed by atoms with E-state index in [0.29, 0.717) is 18.1 Å². The van der Waals surface area contributed by atoms with Gasteiger partial charge in [-0.15, -0.1) is 5.10 Å². The fraction of sp³-hybridized carbons (Fsp3) is 0.400. The van der Waals surface area contributed by atoms with Crippen LogP contribution in [0.4, 0.5) is 0 Å². The maximum Gasteiger partial charge on any atom is 0.361 e. The van der Waals surface area contributed by atoms with E-state index in [-0.39, 0.29) is 5.69 Å². The van der Waals surface area contributed by atoms with E-state index in [0.717, 1.165) is 6.54 Å². The zero-order chi connectivity index (χ0) is 12.3. The summed E-state index contributed by atoms with van der Waals surface area (Å²) in [7, 11) is 0.